The highest BCUT2D eigenvalue weighted by molar-refractivity contribution is 6.35. The van der Waals surface area contributed by atoms with Crippen molar-refractivity contribution in [3.8, 4) is 0 Å². The molecule has 0 radical (unpaired) electrons. The van der Waals surface area contributed by atoms with Gasteiger partial charge in [-0.05, 0) is 42.4 Å². The Hall–Kier alpha value is -1.46. The van der Waals surface area contributed by atoms with Crippen LogP contribution in [0.3, 0.4) is 0 Å². The molecule has 1 fully saturated rings. The van der Waals surface area contributed by atoms with Crippen molar-refractivity contribution < 1.29 is 14.7 Å². The molecule has 120 valence electrons. The van der Waals surface area contributed by atoms with Crippen LogP contribution in [0.2, 0.25) is 10.0 Å². The predicted molar refractivity (Wildman–Crippen MR) is 85.6 cm³/mol. The lowest BCUT2D eigenvalue weighted by Crippen LogP contribution is -2.37. The van der Waals surface area contributed by atoms with E-state index in [1.54, 1.807) is 6.07 Å². The van der Waals surface area contributed by atoms with Crippen LogP contribution in [0.5, 0.6) is 0 Å². The Balaban J connectivity index is 1.67. The van der Waals surface area contributed by atoms with E-state index in [2.05, 4.69) is 10.6 Å². The number of carboxylic acid groups (broad SMARTS) is 1. The second-order valence-electron chi connectivity index (χ2n) is 5.40. The molecule has 1 aromatic carbocycles. The number of aliphatic carboxylic acids is 1. The summed E-state index contributed by atoms with van der Waals surface area (Å²) in [6.45, 7) is 0.934. The molecule has 22 heavy (non-hydrogen) atoms. The summed E-state index contributed by atoms with van der Waals surface area (Å²) in [5.41, 5.74) is 1.07. The number of benzene rings is 1. The van der Waals surface area contributed by atoms with Crippen molar-refractivity contribution in [2.45, 2.75) is 25.2 Å². The fourth-order valence-corrected chi connectivity index (χ4v) is 2.93. The van der Waals surface area contributed by atoms with Gasteiger partial charge in [0.15, 0.2) is 0 Å². The van der Waals surface area contributed by atoms with Gasteiger partial charge in [0.2, 0.25) is 0 Å². The standard InChI is InChI=1S/C15H18Cl2N2O3/c16-10-3-4-11(13(17)7-10)12-6-9(12)8-19-15(22)18-5-1-2-14(20)21/h3-4,7,9,12H,1-2,5-6,8H2,(H,20,21)(H2,18,19,22)/t9-,12+/m0/s1. The van der Waals surface area contributed by atoms with Crippen molar-refractivity contribution in [3.63, 3.8) is 0 Å². The number of rotatable bonds is 7. The first-order valence-corrected chi connectivity index (χ1v) is 7.91. The quantitative estimate of drug-likeness (QED) is 0.664. The van der Waals surface area contributed by atoms with Gasteiger partial charge in [0.1, 0.15) is 0 Å². The Morgan fingerprint density at radius 3 is 2.73 bits per heavy atom. The number of amides is 2. The van der Waals surface area contributed by atoms with Crippen LogP contribution in [0.25, 0.3) is 0 Å². The molecule has 7 heteroatoms. The second kappa shape index (κ2) is 7.70. The van der Waals surface area contributed by atoms with Crippen molar-refractivity contribution in [2.75, 3.05) is 13.1 Å². The van der Waals surface area contributed by atoms with Crippen LogP contribution in [-0.2, 0) is 4.79 Å². The maximum absolute atomic E-state index is 11.6. The van der Waals surface area contributed by atoms with Crippen molar-refractivity contribution in [2.24, 2.45) is 5.92 Å². The van der Waals surface area contributed by atoms with Gasteiger partial charge >= 0.3 is 12.0 Å². The molecule has 0 aromatic heterocycles. The lowest BCUT2D eigenvalue weighted by Gasteiger charge is -2.07. The Morgan fingerprint density at radius 1 is 1.27 bits per heavy atom. The second-order valence-corrected chi connectivity index (χ2v) is 6.25. The number of urea groups is 1. The normalized spacial score (nSPS) is 19.5. The Labute approximate surface area is 139 Å². The van der Waals surface area contributed by atoms with E-state index in [4.69, 9.17) is 28.3 Å². The van der Waals surface area contributed by atoms with E-state index in [1.165, 1.54) is 0 Å². The smallest absolute Gasteiger partial charge is 0.314 e. The summed E-state index contributed by atoms with van der Waals surface area (Å²) in [6, 6.07) is 5.22. The van der Waals surface area contributed by atoms with Gasteiger partial charge in [-0.3, -0.25) is 4.79 Å². The van der Waals surface area contributed by atoms with Crippen LogP contribution in [0.1, 0.15) is 30.7 Å². The largest absolute Gasteiger partial charge is 0.481 e. The van der Waals surface area contributed by atoms with Gasteiger partial charge in [-0.25, -0.2) is 4.79 Å². The van der Waals surface area contributed by atoms with E-state index in [0.29, 0.717) is 41.4 Å². The molecule has 2 amide bonds. The summed E-state index contributed by atoms with van der Waals surface area (Å²) in [4.78, 5) is 21.9. The van der Waals surface area contributed by atoms with Gasteiger partial charge in [0, 0.05) is 29.6 Å². The van der Waals surface area contributed by atoms with Gasteiger partial charge in [0.25, 0.3) is 0 Å². The number of carboxylic acids is 1. The molecule has 1 aliphatic carbocycles. The van der Waals surface area contributed by atoms with E-state index in [9.17, 15) is 9.59 Å². The summed E-state index contributed by atoms with van der Waals surface area (Å²) in [7, 11) is 0. The fraction of sp³-hybridized carbons (Fsp3) is 0.467. The molecule has 0 unspecified atom stereocenters. The molecule has 0 heterocycles. The third kappa shape index (κ3) is 5.07. The van der Waals surface area contributed by atoms with E-state index in [1.807, 2.05) is 12.1 Å². The first-order valence-electron chi connectivity index (χ1n) is 7.16. The Bertz CT molecular complexity index is 566. The Kier molecular flexibility index (Phi) is 5.91. The summed E-state index contributed by atoms with van der Waals surface area (Å²) < 4.78 is 0. The molecular formula is C15H18Cl2N2O3. The van der Waals surface area contributed by atoms with Crippen LogP contribution >= 0.6 is 23.2 Å². The third-order valence-corrected chi connectivity index (χ3v) is 4.22. The van der Waals surface area contributed by atoms with Gasteiger partial charge in [-0.2, -0.15) is 0 Å². The van der Waals surface area contributed by atoms with Gasteiger partial charge in [-0.1, -0.05) is 29.3 Å². The van der Waals surface area contributed by atoms with E-state index < -0.39 is 5.97 Å². The molecule has 1 saturated carbocycles. The van der Waals surface area contributed by atoms with Gasteiger partial charge in [-0.15, -0.1) is 0 Å². The average molecular weight is 345 g/mol. The van der Waals surface area contributed by atoms with Crippen LogP contribution in [0.4, 0.5) is 4.79 Å². The number of nitrogens with one attached hydrogen (secondary N) is 2. The molecule has 0 saturated heterocycles. The van der Waals surface area contributed by atoms with Crippen molar-refractivity contribution in [1.29, 1.82) is 0 Å². The van der Waals surface area contributed by atoms with E-state index >= 15 is 0 Å². The van der Waals surface area contributed by atoms with Crippen molar-refractivity contribution >= 4 is 35.2 Å². The van der Waals surface area contributed by atoms with Crippen LogP contribution in [0, 0.1) is 5.92 Å². The molecule has 5 nitrogen and oxygen atoms in total. The van der Waals surface area contributed by atoms with Crippen LogP contribution in [-0.4, -0.2) is 30.2 Å². The topological polar surface area (TPSA) is 78.4 Å². The van der Waals surface area contributed by atoms with Crippen LogP contribution in [0.15, 0.2) is 18.2 Å². The molecule has 2 atom stereocenters. The molecule has 0 spiro atoms. The summed E-state index contributed by atoms with van der Waals surface area (Å²) in [5, 5.41) is 15.2. The zero-order chi connectivity index (χ0) is 16.1. The Morgan fingerprint density at radius 2 is 2.05 bits per heavy atom. The molecular weight excluding hydrogens is 327 g/mol. The van der Waals surface area contributed by atoms with E-state index in [0.717, 1.165) is 12.0 Å². The average Bonchev–Trinajstić information content (AvgIpc) is 3.20. The minimum atomic E-state index is -0.858. The first-order chi connectivity index (χ1) is 10.5. The monoisotopic (exact) mass is 344 g/mol. The SMILES string of the molecule is O=C(O)CCCNC(=O)NC[C@@H]1C[C@H]1c1ccc(Cl)cc1Cl. The third-order valence-electron chi connectivity index (χ3n) is 3.66. The van der Waals surface area contributed by atoms with Gasteiger partial charge < -0.3 is 15.7 Å². The highest BCUT2D eigenvalue weighted by atomic mass is 35.5. The lowest BCUT2D eigenvalue weighted by atomic mass is 10.1. The molecule has 3 N–H and O–H groups in total. The minimum absolute atomic E-state index is 0.0556. The highest BCUT2D eigenvalue weighted by Gasteiger charge is 2.39. The summed E-state index contributed by atoms with van der Waals surface area (Å²) in [5.74, 6) is -0.122. The van der Waals surface area contributed by atoms with Crippen LogP contribution < -0.4 is 10.6 Å². The number of halogens is 2. The number of hydrogen-bond acceptors (Lipinski definition) is 2. The molecule has 0 aliphatic heterocycles. The van der Waals surface area contributed by atoms with Crippen molar-refractivity contribution in [3.05, 3.63) is 33.8 Å². The number of carbonyl (C=O) groups is 2. The number of carbonyl (C=O) groups excluding carboxylic acids is 1. The minimum Gasteiger partial charge on any atom is -0.481 e. The fourth-order valence-electron chi connectivity index (χ4n) is 2.38. The van der Waals surface area contributed by atoms with Gasteiger partial charge in [0.05, 0.1) is 0 Å². The number of hydrogen-bond donors (Lipinski definition) is 3. The van der Waals surface area contributed by atoms with Crippen molar-refractivity contribution in [1.82, 2.24) is 10.6 Å². The molecule has 0 bridgehead atoms. The first kappa shape index (κ1) is 16.9. The predicted octanol–water partition coefficient (Wildman–Crippen LogP) is 3.26. The molecule has 2 rings (SSSR count). The lowest BCUT2D eigenvalue weighted by molar-refractivity contribution is -0.137. The zero-order valence-corrected chi connectivity index (χ0v) is 13.5. The maximum atomic E-state index is 11.6. The summed E-state index contributed by atoms with van der Waals surface area (Å²) in [6.07, 6.45) is 1.47. The maximum Gasteiger partial charge on any atom is 0.314 e. The molecule has 1 aromatic rings. The van der Waals surface area contributed by atoms with E-state index in [-0.39, 0.29) is 12.5 Å². The molecule has 1 aliphatic rings. The highest BCUT2D eigenvalue weighted by Crippen LogP contribution is 2.49. The zero-order valence-electron chi connectivity index (χ0n) is 11.9. The summed E-state index contributed by atoms with van der Waals surface area (Å²) >= 11 is 12.0.